The molecule has 4 atom stereocenters. The molecule has 0 saturated carbocycles. The largest absolute Gasteiger partial charge is 0.478 e. The number of carboxylic acids is 1. The van der Waals surface area contributed by atoms with Gasteiger partial charge in [-0.2, -0.15) is 0 Å². The average Bonchev–Trinajstić information content (AvgIpc) is 3.41. The minimum absolute atomic E-state index is 0.0172. The van der Waals surface area contributed by atoms with Gasteiger partial charge in [0.15, 0.2) is 6.29 Å². The number of nitrogens with one attached hydrogen (secondary N) is 1. The van der Waals surface area contributed by atoms with Gasteiger partial charge < -0.3 is 29.7 Å². The van der Waals surface area contributed by atoms with Crippen LogP contribution in [0.1, 0.15) is 57.8 Å². The minimum atomic E-state index is -1.09. The van der Waals surface area contributed by atoms with Crippen LogP contribution in [0.25, 0.3) is 0 Å². The van der Waals surface area contributed by atoms with Crippen LogP contribution in [0.2, 0.25) is 0 Å². The lowest BCUT2D eigenvalue weighted by molar-refractivity contribution is -0.245. The van der Waals surface area contributed by atoms with Gasteiger partial charge in [-0.05, 0) is 41.0 Å². The van der Waals surface area contributed by atoms with Crippen LogP contribution in [0.4, 0.5) is 10.5 Å². The Morgan fingerprint density at radius 2 is 1.73 bits per heavy atom. The summed E-state index contributed by atoms with van der Waals surface area (Å²) in [5.74, 6) is -1.78. The second-order valence-electron chi connectivity index (χ2n) is 11.4. The smallest absolute Gasteiger partial charge is 0.408 e. The molecule has 0 bridgehead atoms. The number of hydrogen-bond acceptors (Lipinski definition) is 10. The number of carbonyl (C=O) groups is 4. The Bertz CT molecular complexity index is 1820. The van der Waals surface area contributed by atoms with E-state index in [0.29, 0.717) is 28.5 Å². The number of aliphatic hydroxyl groups excluding tert-OH is 1. The van der Waals surface area contributed by atoms with E-state index in [0.717, 1.165) is 21.6 Å². The van der Waals surface area contributed by atoms with Crippen LogP contribution in [-0.2, 0) is 37.0 Å². The summed E-state index contributed by atoms with van der Waals surface area (Å²) in [5, 5.41) is 22.0. The molecule has 2 aliphatic rings. The van der Waals surface area contributed by atoms with Gasteiger partial charge in [0.25, 0.3) is 5.91 Å². The molecule has 2 fully saturated rings. The van der Waals surface area contributed by atoms with Gasteiger partial charge in [0.1, 0.15) is 17.7 Å². The molecule has 3 aromatic carbocycles. The molecule has 252 valence electrons. The number of nitrogens with zero attached hydrogens (tertiary/aromatic N) is 2. The van der Waals surface area contributed by atoms with Gasteiger partial charge in [-0.3, -0.25) is 9.59 Å². The Kier molecular flexibility index (Phi) is 10.6. The molecule has 0 radical (unpaired) electrons. The predicted octanol–water partition coefficient (Wildman–Crippen LogP) is 5.17. The molecule has 3 heterocycles. The average molecular weight is 684 g/mol. The van der Waals surface area contributed by atoms with Crippen molar-refractivity contribution in [2.24, 2.45) is 0 Å². The van der Waals surface area contributed by atoms with Crippen LogP contribution in [-0.4, -0.2) is 57.0 Å². The lowest BCUT2D eigenvalue weighted by atomic mass is 10.0. The number of benzene rings is 3. The van der Waals surface area contributed by atoms with Crippen molar-refractivity contribution in [1.29, 1.82) is 0 Å². The Hall–Kier alpha value is -5.08. The number of anilines is 1. The third kappa shape index (κ3) is 8.15. The monoisotopic (exact) mass is 683 g/mol. The Labute approximate surface area is 286 Å². The summed E-state index contributed by atoms with van der Waals surface area (Å²) in [6, 6.07) is 25.1. The normalized spacial score (nSPS) is 20.6. The number of carbonyl (C=O) groups excluding carboxylic acids is 3. The van der Waals surface area contributed by atoms with E-state index in [4.69, 9.17) is 14.2 Å². The summed E-state index contributed by atoms with van der Waals surface area (Å²) in [6.07, 6.45) is -0.770. The molecule has 6 rings (SSSR count). The highest BCUT2D eigenvalue weighted by atomic mass is 32.2. The molecule has 2 saturated heterocycles. The number of ether oxygens (including phenoxy) is 3. The fourth-order valence-electron chi connectivity index (χ4n) is 5.60. The highest BCUT2D eigenvalue weighted by molar-refractivity contribution is 7.99. The molecule has 2 aliphatic heterocycles. The summed E-state index contributed by atoms with van der Waals surface area (Å²) in [4.78, 5) is 55.9. The number of imide groups is 1. The Balaban J connectivity index is 1.18. The molecule has 3 amide bonds. The Morgan fingerprint density at radius 3 is 2.49 bits per heavy atom. The maximum absolute atomic E-state index is 13.4. The number of rotatable bonds is 11. The topological polar surface area (TPSA) is 165 Å². The van der Waals surface area contributed by atoms with Crippen molar-refractivity contribution in [1.82, 2.24) is 10.3 Å². The van der Waals surface area contributed by atoms with E-state index in [9.17, 15) is 29.4 Å². The number of pyridine rings is 1. The van der Waals surface area contributed by atoms with Crippen LogP contribution < -0.4 is 10.2 Å². The minimum Gasteiger partial charge on any atom is -0.478 e. The first-order valence-corrected chi connectivity index (χ1v) is 16.5. The predicted molar refractivity (Wildman–Crippen MR) is 177 cm³/mol. The molecule has 12 nitrogen and oxygen atoms in total. The SMILES string of the molecule is O=C(NC1CC(=O)N(c2cccc(C3OC(CSc4ncccc4C(=O)O)CC(c4ccc(CO)cc4)O3)c2)C1=O)OCc1ccccc1. The van der Waals surface area contributed by atoms with Crippen molar-refractivity contribution in [2.45, 2.75) is 55.6 Å². The molecular weight excluding hydrogens is 650 g/mol. The highest BCUT2D eigenvalue weighted by Crippen LogP contribution is 2.40. The van der Waals surface area contributed by atoms with Crippen molar-refractivity contribution in [3.05, 3.63) is 125 Å². The van der Waals surface area contributed by atoms with E-state index in [1.807, 2.05) is 42.5 Å². The first-order chi connectivity index (χ1) is 23.8. The van der Waals surface area contributed by atoms with Crippen LogP contribution in [0, 0.1) is 0 Å². The highest BCUT2D eigenvalue weighted by Gasteiger charge is 2.41. The summed E-state index contributed by atoms with van der Waals surface area (Å²) in [7, 11) is 0. The van der Waals surface area contributed by atoms with Crippen molar-refractivity contribution in [3.8, 4) is 0 Å². The van der Waals surface area contributed by atoms with E-state index in [2.05, 4.69) is 10.3 Å². The summed E-state index contributed by atoms with van der Waals surface area (Å²) >= 11 is 1.27. The fourth-order valence-corrected chi connectivity index (χ4v) is 6.60. The maximum atomic E-state index is 13.4. The molecule has 4 unspecified atom stereocenters. The van der Waals surface area contributed by atoms with Crippen LogP contribution in [0.15, 0.2) is 102 Å². The zero-order valence-electron chi connectivity index (χ0n) is 26.1. The lowest BCUT2D eigenvalue weighted by Crippen LogP contribution is -2.42. The number of aliphatic hydroxyl groups is 1. The third-order valence-corrected chi connectivity index (χ3v) is 9.21. The first kappa shape index (κ1) is 33.8. The fraction of sp³-hybridized carbons (Fsp3) is 0.250. The summed E-state index contributed by atoms with van der Waals surface area (Å²) in [5.41, 5.74) is 3.33. The number of carboxylic acid groups (broad SMARTS) is 1. The molecule has 1 aromatic heterocycles. The number of thioether (sulfide) groups is 1. The number of hydrogen-bond donors (Lipinski definition) is 3. The molecular formula is C36H33N3O9S. The third-order valence-electron chi connectivity index (χ3n) is 8.07. The van der Waals surface area contributed by atoms with Crippen molar-refractivity contribution in [3.63, 3.8) is 0 Å². The quantitative estimate of drug-likeness (QED) is 0.141. The van der Waals surface area contributed by atoms with Crippen molar-refractivity contribution < 1.29 is 43.6 Å². The van der Waals surface area contributed by atoms with Gasteiger partial charge in [-0.25, -0.2) is 19.5 Å². The first-order valence-electron chi connectivity index (χ1n) is 15.5. The van der Waals surface area contributed by atoms with E-state index in [1.165, 1.54) is 24.0 Å². The maximum Gasteiger partial charge on any atom is 0.408 e. The molecule has 0 spiro atoms. The zero-order chi connectivity index (χ0) is 34.3. The van der Waals surface area contributed by atoms with Gasteiger partial charge >= 0.3 is 12.1 Å². The van der Waals surface area contributed by atoms with E-state index >= 15 is 0 Å². The second-order valence-corrected chi connectivity index (χ2v) is 12.5. The lowest BCUT2D eigenvalue weighted by Gasteiger charge is -2.36. The van der Waals surface area contributed by atoms with Gasteiger partial charge in [0.05, 0.1) is 36.5 Å². The molecule has 0 aliphatic carbocycles. The van der Waals surface area contributed by atoms with Crippen LogP contribution in [0.3, 0.4) is 0 Å². The second kappa shape index (κ2) is 15.4. The summed E-state index contributed by atoms with van der Waals surface area (Å²) in [6.45, 7) is -0.0812. The molecule has 4 aromatic rings. The van der Waals surface area contributed by atoms with Crippen LogP contribution in [0.5, 0.6) is 0 Å². The molecule has 49 heavy (non-hydrogen) atoms. The van der Waals surface area contributed by atoms with Gasteiger partial charge in [0.2, 0.25) is 5.91 Å². The Morgan fingerprint density at radius 1 is 0.939 bits per heavy atom. The van der Waals surface area contributed by atoms with Gasteiger partial charge in [-0.15, -0.1) is 11.8 Å². The van der Waals surface area contributed by atoms with Gasteiger partial charge in [-0.1, -0.05) is 66.7 Å². The van der Waals surface area contributed by atoms with Gasteiger partial charge in [0, 0.05) is 23.9 Å². The molecule has 3 N–H and O–H groups in total. The molecule has 13 heteroatoms. The van der Waals surface area contributed by atoms with Crippen molar-refractivity contribution >= 4 is 41.3 Å². The van der Waals surface area contributed by atoms with Crippen LogP contribution >= 0.6 is 11.8 Å². The number of amides is 3. The zero-order valence-corrected chi connectivity index (χ0v) is 27.0. The van der Waals surface area contributed by atoms with Crippen molar-refractivity contribution in [2.75, 3.05) is 10.7 Å². The van der Waals surface area contributed by atoms with E-state index in [1.54, 1.807) is 42.5 Å². The van der Waals surface area contributed by atoms with E-state index < -0.39 is 48.4 Å². The number of aromatic carboxylic acids is 1. The summed E-state index contributed by atoms with van der Waals surface area (Å²) < 4.78 is 18.0. The number of alkyl carbamates (subject to hydrolysis) is 1. The standard InChI is InChI=1S/C36H33N3O9S/c40-19-22-11-13-24(14-12-22)30-17-27(21-49-32-28(34(43)44)10-5-15-37-32)47-35(48-30)25-8-4-9-26(16-25)39-31(41)18-29(33(39)42)38-36(45)46-20-23-6-2-1-3-7-23/h1-16,27,29-30,35,40H,17-21H2,(H,38,45)(H,43,44). The van der Waals surface area contributed by atoms with E-state index in [-0.39, 0.29) is 25.2 Å². The number of aromatic nitrogens is 1.